The molecular formula is C12H6F5NO. The highest BCUT2D eigenvalue weighted by Crippen LogP contribution is 2.32. The molecule has 2 nitrogen and oxygen atoms in total. The van der Waals surface area contributed by atoms with Crippen molar-refractivity contribution in [2.75, 3.05) is 0 Å². The first-order chi connectivity index (χ1) is 8.84. The molecule has 0 atom stereocenters. The van der Waals surface area contributed by atoms with E-state index < -0.39 is 40.2 Å². The van der Waals surface area contributed by atoms with Gasteiger partial charge in [0.25, 0.3) is 0 Å². The largest absolute Gasteiger partial charge is 0.328 e. The number of benzene rings is 1. The van der Waals surface area contributed by atoms with Crippen molar-refractivity contribution in [2.45, 2.75) is 6.92 Å². The molecule has 1 aromatic heterocycles. The molecule has 0 aliphatic carbocycles. The van der Waals surface area contributed by atoms with Crippen molar-refractivity contribution in [3.8, 4) is 11.1 Å². The Morgan fingerprint density at radius 3 is 1.84 bits per heavy atom. The van der Waals surface area contributed by atoms with Crippen molar-refractivity contribution < 1.29 is 22.0 Å². The number of nitrogens with one attached hydrogen (secondary N) is 1. The zero-order chi connectivity index (χ0) is 14.3. The van der Waals surface area contributed by atoms with Crippen LogP contribution in [0.5, 0.6) is 0 Å². The number of pyridine rings is 1. The molecule has 1 aromatic carbocycles. The SMILES string of the molecule is Cc1cc(=O)[nH]cc1-c1c(F)c(F)c(F)c(F)c1F. The molecule has 0 bridgehead atoms. The maximum absolute atomic E-state index is 13.6. The maximum Gasteiger partial charge on any atom is 0.248 e. The Hall–Kier alpha value is -2.18. The molecule has 0 fully saturated rings. The molecular weight excluding hydrogens is 269 g/mol. The summed E-state index contributed by atoms with van der Waals surface area (Å²) in [5.41, 5.74) is -1.80. The van der Waals surface area contributed by atoms with Crippen LogP contribution in [-0.4, -0.2) is 4.98 Å². The van der Waals surface area contributed by atoms with Crippen molar-refractivity contribution in [3.63, 3.8) is 0 Å². The van der Waals surface area contributed by atoms with Crippen LogP contribution in [0.15, 0.2) is 17.1 Å². The molecule has 2 rings (SSSR count). The van der Waals surface area contributed by atoms with Gasteiger partial charge in [-0.15, -0.1) is 0 Å². The molecule has 0 aliphatic rings. The highest BCUT2D eigenvalue weighted by atomic mass is 19.2. The fourth-order valence-corrected chi connectivity index (χ4v) is 1.68. The van der Waals surface area contributed by atoms with Crippen LogP contribution < -0.4 is 5.56 Å². The first kappa shape index (κ1) is 13.3. The van der Waals surface area contributed by atoms with Crippen LogP contribution in [0.2, 0.25) is 0 Å². The molecule has 1 heterocycles. The van der Waals surface area contributed by atoms with E-state index in [1.54, 1.807) is 0 Å². The predicted octanol–water partition coefficient (Wildman–Crippen LogP) is 3.05. The van der Waals surface area contributed by atoms with Gasteiger partial charge in [0.15, 0.2) is 23.3 Å². The van der Waals surface area contributed by atoms with Crippen LogP contribution >= 0.6 is 0 Å². The molecule has 7 heteroatoms. The number of rotatable bonds is 1. The molecule has 1 N–H and O–H groups in total. The van der Waals surface area contributed by atoms with Gasteiger partial charge in [0, 0.05) is 17.8 Å². The average molecular weight is 275 g/mol. The summed E-state index contributed by atoms with van der Waals surface area (Å²) in [6.45, 7) is 1.32. The van der Waals surface area contributed by atoms with E-state index in [-0.39, 0.29) is 11.1 Å². The Bertz CT molecular complexity index is 694. The second-order valence-electron chi connectivity index (χ2n) is 3.84. The van der Waals surface area contributed by atoms with E-state index in [0.29, 0.717) is 0 Å². The van der Waals surface area contributed by atoms with Crippen LogP contribution in [0.3, 0.4) is 0 Å². The highest BCUT2D eigenvalue weighted by molar-refractivity contribution is 5.67. The van der Waals surface area contributed by atoms with Crippen LogP contribution in [0.4, 0.5) is 22.0 Å². The Balaban J connectivity index is 2.86. The summed E-state index contributed by atoms with van der Waals surface area (Å²) in [4.78, 5) is 13.1. The first-order valence-electron chi connectivity index (χ1n) is 5.05. The molecule has 0 amide bonds. The van der Waals surface area contributed by atoms with Gasteiger partial charge in [-0.3, -0.25) is 4.79 Å². The summed E-state index contributed by atoms with van der Waals surface area (Å²) >= 11 is 0. The summed E-state index contributed by atoms with van der Waals surface area (Å²) in [6.07, 6.45) is 0.899. The number of hydrogen-bond donors (Lipinski definition) is 1. The van der Waals surface area contributed by atoms with Gasteiger partial charge in [0.2, 0.25) is 11.4 Å². The minimum Gasteiger partial charge on any atom is -0.328 e. The average Bonchev–Trinajstić information content (AvgIpc) is 2.37. The van der Waals surface area contributed by atoms with E-state index in [1.165, 1.54) is 6.92 Å². The Morgan fingerprint density at radius 1 is 0.895 bits per heavy atom. The fraction of sp³-hybridized carbons (Fsp3) is 0.0833. The maximum atomic E-state index is 13.6. The Morgan fingerprint density at radius 2 is 1.37 bits per heavy atom. The van der Waals surface area contributed by atoms with Gasteiger partial charge in [0.1, 0.15) is 0 Å². The van der Waals surface area contributed by atoms with Gasteiger partial charge >= 0.3 is 0 Å². The van der Waals surface area contributed by atoms with Gasteiger partial charge in [-0.05, 0) is 12.5 Å². The van der Waals surface area contributed by atoms with E-state index in [9.17, 15) is 26.7 Å². The van der Waals surface area contributed by atoms with Crippen LogP contribution in [0, 0.1) is 36.0 Å². The van der Waals surface area contributed by atoms with Crippen molar-refractivity contribution in [1.82, 2.24) is 4.98 Å². The molecule has 0 saturated heterocycles. The predicted molar refractivity (Wildman–Crippen MR) is 57.0 cm³/mol. The zero-order valence-corrected chi connectivity index (χ0v) is 9.45. The van der Waals surface area contributed by atoms with Crippen molar-refractivity contribution in [1.29, 1.82) is 0 Å². The number of H-pyrrole nitrogens is 1. The highest BCUT2D eigenvalue weighted by Gasteiger charge is 2.27. The summed E-state index contributed by atoms with van der Waals surface area (Å²) in [6, 6.07) is 0.993. The van der Waals surface area contributed by atoms with Gasteiger partial charge in [-0.1, -0.05) is 0 Å². The number of halogens is 5. The number of hydrogen-bond acceptors (Lipinski definition) is 1. The lowest BCUT2D eigenvalue weighted by Crippen LogP contribution is -2.08. The quantitative estimate of drug-likeness (QED) is 0.484. The molecule has 0 radical (unpaired) electrons. The van der Waals surface area contributed by atoms with Crippen LogP contribution in [-0.2, 0) is 0 Å². The van der Waals surface area contributed by atoms with Crippen LogP contribution in [0.1, 0.15) is 5.56 Å². The number of aromatic nitrogens is 1. The van der Waals surface area contributed by atoms with Gasteiger partial charge in [-0.2, -0.15) is 0 Å². The fourth-order valence-electron chi connectivity index (χ4n) is 1.68. The lowest BCUT2D eigenvalue weighted by molar-refractivity contribution is 0.381. The third-order valence-electron chi connectivity index (χ3n) is 2.61. The van der Waals surface area contributed by atoms with Gasteiger partial charge in [-0.25, -0.2) is 22.0 Å². The lowest BCUT2D eigenvalue weighted by Gasteiger charge is -2.10. The Labute approximate surface area is 103 Å². The van der Waals surface area contributed by atoms with Crippen molar-refractivity contribution in [2.24, 2.45) is 0 Å². The van der Waals surface area contributed by atoms with Gasteiger partial charge < -0.3 is 4.98 Å². The molecule has 0 aliphatic heterocycles. The minimum absolute atomic E-state index is 0.0898. The summed E-state index contributed by atoms with van der Waals surface area (Å²) in [5, 5.41) is 0. The topological polar surface area (TPSA) is 32.9 Å². The molecule has 0 unspecified atom stereocenters. The van der Waals surface area contributed by atoms with E-state index in [1.807, 2.05) is 0 Å². The second-order valence-corrected chi connectivity index (χ2v) is 3.84. The lowest BCUT2D eigenvalue weighted by atomic mass is 10.0. The Kier molecular flexibility index (Phi) is 3.13. The molecule has 0 spiro atoms. The van der Waals surface area contributed by atoms with E-state index in [4.69, 9.17) is 0 Å². The van der Waals surface area contributed by atoms with Gasteiger partial charge in [0.05, 0.1) is 5.56 Å². The van der Waals surface area contributed by atoms with E-state index >= 15 is 0 Å². The summed E-state index contributed by atoms with van der Waals surface area (Å²) < 4.78 is 66.1. The van der Waals surface area contributed by atoms with E-state index in [0.717, 1.165) is 12.3 Å². The summed E-state index contributed by atoms with van der Waals surface area (Å²) in [7, 11) is 0. The minimum atomic E-state index is -2.22. The third-order valence-corrected chi connectivity index (χ3v) is 2.61. The van der Waals surface area contributed by atoms with Crippen LogP contribution in [0.25, 0.3) is 11.1 Å². The van der Waals surface area contributed by atoms with Crippen molar-refractivity contribution in [3.05, 3.63) is 57.3 Å². The standard InChI is InChI=1S/C12H6F5NO/c1-4-2-6(19)18-3-5(4)7-8(13)10(15)12(17)11(16)9(7)14/h2-3H,1H3,(H,18,19). The second kappa shape index (κ2) is 4.49. The summed E-state index contributed by atoms with van der Waals surface area (Å²) in [5.74, 6) is -10.2. The molecule has 19 heavy (non-hydrogen) atoms. The third kappa shape index (κ3) is 2.00. The molecule has 100 valence electrons. The normalized spacial score (nSPS) is 10.8. The molecule has 0 saturated carbocycles. The first-order valence-corrected chi connectivity index (χ1v) is 5.05. The zero-order valence-electron chi connectivity index (χ0n) is 9.45. The number of aromatic amines is 1. The number of aryl methyl sites for hydroxylation is 1. The smallest absolute Gasteiger partial charge is 0.248 e. The van der Waals surface area contributed by atoms with Crippen molar-refractivity contribution >= 4 is 0 Å². The van der Waals surface area contributed by atoms with E-state index in [2.05, 4.69) is 4.98 Å². The monoisotopic (exact) mass is 275 g/mol. The molecule has 2 aromatic rings.